The first-order chi connectivity index (χ1) is 15.5. The first-order valence-electron chi connectivity index (χ1n) is 10.2. The first-order valence-corrected chi connectivity index (χ1v) is 10.6. The van der Waals surface area contributed by atoms with Crippen molar-refractivity contribution in [3.8, 4) is 11.5 Å². The molecule has 32 heavy (non-hydrogen) atoms. The van der Waals surface area contributed by atoms with Gasteiger partial charge >= 0.3 is 0 Å². The third-order valence-electron chi connectivity index (χ3n) is 5.00. The molecule has 2 N–H and O–H groups in total. The number of halogens is 1. The molecule has 1 aliphatic heterocycles. The van der Waals surface area contributed by atoms with E-state index in [2.05, 4.69) is 15.6 Å². The molecule has 2 amide bonds. The van der Waals surface area contributed by atoms with Crippen molar-refractivity contribution in [2.24, 2.45) is 0 Å². The van der Waals surface area contributed by atoms with Crippen molar-refractivity contribution in [3.63, 3.8) is 0 Å². The molecular weight excluding hydrogens is 432 g/mol. The standard InChI is InChI=1S/C23H23ClN4O4/c1-15-21(27-23(32-15)16-2-4-17(24)5-3-16)22(30)26-19-8-6-18(7-9-19)25-20(29)14-28-10-12-31-13-11-28/h2-9H,10-14H2,1H3,(H,25,29)(H,26,30). The normalized spacial score (nSPS) is 14.2. The Morgan fingerprint density at radius 2 is 1.62 bits per heavy atom. The number of hydrogen-bond donors (Lipinski definition) is 2. The molecule has 9 heteroatoms. The molecule has 4 rings (SSSR count). The molecule has 0 radical (unpaired) electrons. The quantitative estimate of drug-likeness (QED) is 0.587. The minimum atomic E-state index is -0.379. The number of carbonyl (C=O) groups is 2. The van der Waals surface area contributed by atoms with Crippen LogP contribution in [0.15, 0.2) is 52.9 Å². The van der Waals surface area contributed by atoms with Crippen LogP contribution in [0.25, 0.3) is 11.5 Å². The molecule has 8 nitrogen and oxygen atoms in total. The summed E-state index contributed by atoms with van der Waals surface area (Å²) in [5.41, 5.74) is 2.17. The zero-order chi connectivity index (χ0) is 22.5. The van der Waals surface area contributed by atoms with Crippen LogP contribution < -0.4 is 10.6 Å². The maximum Gasteiger partial charge on any atom is 0.277 e. The molecule has 2 heterocycles. The summed E-state index contributed by atoms with van der Waals surface area (Å²) in [6, 6.07) is 13.9. The summed E-state index contributed by atoms with van der Waals surface area (Å²) in [7, 11) is 0. The van der Waals surface area contributed by atoms with Gasteiger partial charge in [-0.2, -0.15) is 0 Å². The number of aryl methyl sites for hydroxylation is 1. The number of nitrogens with zero attached hydrogens (tertiary/aromatic N) is 2. The monoisotopic (exact) mass is 454 g/mol. The average molecular weight is 455 g/mol. The van der Waals surface area contributed by atoms with Crippen LogP contribution in [0.3, 0.4) is 0 Å². The summed E-state index contributed by atoms with van der Waals surface area (Å²) in [6.45, 7) is 4.80. The van der Waals surface area contributed by atoms with Gasteiger partial charge in [0, 0.05) is 35.1 Å². The molecule has 0 saturated carbocycles. The van der Waals surface area contributed by atoms with E-state index in [0.717, 1.165) is 18.7 Å². The summed E-state index contributed by atoms with van der Waals surface area (Å²) in [5, 5.41) is 6.27. The second-order valence-corrected chi connectivity index (χ2v) is 7.84. The zero-order valence-electron chi connectivity index (χ0n) is 17.6. The molecule has 0 unspecified atom stereocenters. The molecule has 0 spiro atoms. The van der Waals surface area contributed by atoms with E-state index >= 15 is 0 Å². The van der Waals surface area contributed by atoms with Gasteiger partial charge in [-0.3, -0.25) is 14.5 Å². The Morgan fingerprint density at radius 3 is 2.28 bits per heavy atom. The van der Waals surface area contributed by atoms with Crippen LogP contribution in [-0.2, 0) is 9.53 Å². The fourth-order valence-electron chi connectivity index (χ4n) is 3.31. The van der Waals surface area contributed by atoms with E-state index in [9.17, 15) is 9.59 Å². The minimum Gasteiger partial charge on any atom is -0.441 e. The van der Waals surface area contributed by atoms with E-state index in [1.165, 1.54) is 0 Å². The molecule has 3 aromatic rings. The van der Waals surface area contributed by atoms with Crippen molar-refractivity contribution < 1.29 is 18.7 Å². The maximum atomic E-state index is 12.7. The Bertz CT molecular complexity index is 1090. The van der Waals surface area contributed by atoms with E-state index in [1.54, 1.807) is 55.5 Å². The van der Waals surface area contributed by atoms with Crippen molar-refractivity contribution in [1.82, 2.24) is 9.88 Å². The number of aromatic nitrogens is 1. The van der Waals surface area contributed by atoms with Crippen molar-refractivity contribution in [1.29, 1.82) is 0 Å². The van der Waals surface area contributed by atoms with Crippen LogP contribution in [0.1, 0.15) is 16.2 Å². The molecule has 1 aliphatic rings. The first kappa shape index (κ1) is 22.0. The lowest BCUT2D eigenvalue weighted by Gasteiger charge is -2.25. The lowest BCUT2D eigenvalue weighted by molar-refractivity contribution is -0.118. The van der Waals surface area contributed by atoms with Crippen LogP contribution >= 0.6 is 11.6 Å². The number of anilines is 2. The number of oxazole rings is 1. The summed E-state index contributed by atoms with van der Waals surface area (Å²) in [5.74, 6) is 0.300. The van der Waals surface area contributed by atoms with Gasteiger partial charge in [-0.15, -0.1) is 0 Å². The number of hydrogen-bond acceptors (Lipinski definition) is 6. The summed E-state index contributed by atoms with van der Waals surface area (Å²) >= 11 is 5.91. The van der Waals surface area contributed by atoms with Gasteiger partial charge in [0.05, 0.1) is 19.8 Å². The Morgan fingerprint density at radius 1 is 1.00 bits per heavy atom. The average Bonchev–Trinajstić information content (AvgIpc) is 3.18. The number of morpholine rings is 1. The van der Waals surface area contributed by atoms with E-state index in [-0.39, 0.29) is 17.5 Å². The predicted molar refractivity (Wildman–Crippen MR) is 122 cm³/mol. The van der Waals surface area contributed by atoms with E-state index in [0.29, 0.717) is 47.8 Å². The van der Waals surface area contributed by atoms with Gasteiger partial charge < -0.3 is 19.8 Å². The number of rotatable bonds is 6. The molecule has 0 aliphatic carbocycles. The fourth-order valence-corrected chi connectivity index (χ4v) is 3.44. The second kappa shape index (κ2) is 9.95. The smallest absolute Gasteiger partial charge is 0.277 e. The number of nitrogens with one attached hydrogen (secondary N) is 2. The molecule has 166 valence electrons. The lowest BCUT2D eigenvalue weighted by Crippen LogP contribution is -2.41. The Labute approximate surface area is 190 Å². The van der Waals surface area contributed by atoms with Crippen LogP contribution in [0.5, 0.6) is 0 Å². The minimum absolute atomic E-state index is 0.0864. The van der Waals surface area contributed by atoms with E-state index in [1.807, 2.05) is 4.90 Å². The number of amides is 2. The van der Waals surface area contributed by atoms with Gasteiger partial charge in [-0.1, -0.05) is 11.6 Å². The van der Waals surface area contributed by atoms with Crippen LogP contribution in [0, 0.1) is 6.92 Å². The molecule has 2 aromatic carbocycles. The molecule has 0 atom stereocenters. The topological polar surface area (TPSA) is 96.7 Å². The molecule has 0 bridgehead atoms. The number of carbonyl (C=O) groups excluding carboxylic acids is 2. The fraction of sp³-hybridized carbons (Fsp3) is 0.261. The highest BCUT2D eigenvalue weighted by molar-refractivity contribution is 6.30. The highest BCUT2D eigenvalue weighted by Crippen LogP contribution is 2.24. The number of benzene rings is 2. The zero-order valence-corrected chi connectivity index (χ0v) is 18.3. The molecule has 1 aromatic heterocycles. The Hall–Kier alpha value is -3.20. The van der Waals surface area contributed by atoms with Gasteiger partial charge in [-0.25, -0.2) is 4.98 Å². The van der Waals surface area contributed by atoms with Gasteiger partial charge in [0.25, 0.3) is 5.91 Å². The third kappa shape index (κ3) is 5.53. The van der Waals surface area contributed by atoms with E-state index in [4.69, 9.17) is 20.8 Å². The van der Waals surface area contributed by atoms with E-state index < -0.39 is 0 Å². The molecule has 1 fully saturated rings. The summed E-state index contributed by atoms with van der Waals surface area (Å²) in [4.78, 5) is 31.3. The lowest BCUT2D eigenvalue weighted by atomic mass is 10.2. The maximum absolute atomic E-state index is 12.7. The van der Waals surface area contributed by atoms with Crippen LogP contribution in [-0.4, -0.2) is 54.5 Å². The number of ether oxygens (including phenoxy) is 1. The second-order valence-electron chi connectivity index (χ2n) is 7.40. The highest BCUT2D eigenvalue weighted by Gasteiger charge is 2.19. The van der Waals surface area contributed by atoms with Crippen LogP contribution in [0.4, 0.5) is 11.4 Å². The van der Waals surface area contributed by atoms with Crippen molar-refractivity contribution in [2.45, 2.75) is 6.92 Å². The third-order valence-corrected chi connectivity index (χ3v) is 5.25. The predicted octanol–water partition coefficient (Wildman–Crippen LogP) is 3.83. The highest BCUT2D eigenvalue weighted by atomic mass is 35.5. The van der Waals surface area contributed by atoms with Gasteiger partial charge in [0.15, 0.2) is 5.69 Å². The largest absolute Gasteiger partial charge is 0.441 e. The Kier molecular flexibility index (Phi) is 6.84. The Balaban J connectivity index is 1.35. The van der Waals surface area contributed by atoms with Crippen LogP contribution in [0.2, 0.25) is 5.02 Å². The van der Waals surface area contributed by atoms with Crippen molar-refractivity contribution in [2.75, 3.05) is 43.5 Å². The SMILES string of the molecule is Cc1oc(-c2ccc(Cl)cc2)nc1C(=O)Nc1ccc(NC(=O)CN2CCOCC2)cc1. The van der Waals surface area contributed by atoms with Gasteiger partial charge in [-0.05, 0) is 55.5 Å². The summed E-state index contributed by atoms with van der Waals surface area (Å²) < 4.78 is 10.9. The van der Waals surface area contributed by atoms with Gasteiger partial charge in [0.2, 0.25) is 11.8 Å². The molecular formula is C23H23ClN4O4. The van der Waals surface area contributed by atoms with Crippen molar-refractivity contribution in [3.05, 3.63) is 65.0 Å². The van der Waals surface area contributed by atoms with Crippen molar-refractivity contribution >= 4 is 34.8 Å². The molecule has 1 saturated heterocycles. The summed E-state index contributed by atoms with van der Waals surface area (Å²) in [6.07, 6.45) is 0. The van der Waals surface area contributed by atoms with Gasteiger partial charge in [0.1, 0.15) is 5.76 Å².